The van der Waals surface area contributed by atoms with Gasteiger partial charge in [-0.3, -0.25) is 4.79 Å². The fourth-order valence-electron chi connectivity index (χ4n) is 2.43. The van der Waals surface area contributed by atoms with E-state index in [9.17, 15) is 9.18 Å². The zero-order valence-electron chi connectivity index (χ0n) is 10.2. The van der Waals surface area contributed by atoms with Gasteiger partial charge >= 0.3 is 0 Å². The minimum Gasteiger partial charge on any atom is -0.337 e. The third kappa shape index (κ3) is 2.49. The molecule has 2 rings (SSSR count). The maximum absolute atomic E-state index is 13.5. The molecule has 0 aromatic heterocycles. The van der Waals surface area contributed by atoms with Crippen LogP contribution in [0.4, 0.5) is 4.39 Å². The zero-order chi connectivity index (χ0) is 13.3. The van der Waals surface area contributed by atoms with Gasteiger partial charge in [0, 0.05) is 19.5 Å². The minimum absolute atomic E-state index is 0.0447. The second-order valence-electron chi connectivity index (χ2n) is 4.68. The predicted molar refractivity (Wildman–Crippen MR) is 68.7 cm³/mol. The fourth-order valence-corrected chi connectivity index (χ4v) is 2.55. The Bertz CT molecular complexity index is 466. The van der Waals surface area contributed by atoms with Crippen LogP contribution in [0.3, 0.4) is 0 Å². The number of benzene rings is 1. The average molecular weight is 271 g/mol. The normalized spacial score (nSPS) is 25.1. The molecule has 0 spiro atoms. The standard InChI is InChI=1S/C13H16ClFN2O/c1-17-12(18)4-2-3-11(16)13(17)8-5-6-9(14)10(15)7-8/h5-7,11,13H,2-4,16H2,1H3. The number of carbonyl (C=O) groups is 1. The second-order valence-corrected chi connectivity index (χ2v) is 5.09. The van der Waals surface area contributed by atoms with Gasteiger partial charge in [0.1, 0.15) is 5.82 Å². The Labute approximate surface area is 111 Å². The van der Waals surface area contributed by atoms with Crippen LogP contribution < -0.4 is 5.73 Å². The van der Waals surface area contributed by atoms with E-state index in [1.807, 2.05) is 0 Å². The summed E-state index contributed by atoms with van der Waals surface area (Å²) in [6.45, 7) is 0. The van der Waals surface area contributed by atoms with Crippen molar-refractivity contribution in [2.24, 2.45) is 5.73 Å². The van der Waals surface area contributed by atoms with E-state index < -0.39 is 5.82 Å². The van der Waals surface area contributed by atoms with Crippen LogP contribution in [0.2, 0.25) is 5.02 Å². The summed E-state index contributed by atoms with van der Waals surface area (Å²) in [7, 11) is 1.71. The molecule has 0 radical (unpaired) electrons. The maximum Gasteiger partial charge on any atom is 0.222 e. The molecular formula is C13H16ClFN2O. The molecule has 1 heterocycles. The lowest BCUT2D eigenvalue weighted by atomic mass is 9.96. The van der Waals surface area contributed by atoms with Crippen molar-refractivity contribution >= 4 is 17.5 Å². The molecule has 98 valence electrons. The summed E-state index contributed by atoms with van der Waals surface area (Å²) in [6.07, 6.45) is 2.03. The summed E-state index contributed by atoms with van der Waals surface area (Å²) in [5.74, 6) is -0.435. The predicted octanol–water partition coefficient (Wildman–Crippen LogP) is 2.49. The highest BCUT2D eigenvalue weighted by Gasteiger charge is 2.30. The summed E-state index contributed by atoms with van der Waals surface area (Å²) in [5, 5.41) is 0.0786. The van der Waals surface area contributed by atoms with E-state index in [0.29, 0.717) is 12.0 Å². The van der Waals surface area contributed by atoms with Crippen molar-refractivity contribution in [2.45, 2.75) is 31.3 Å². The smallest absolute Gasteiger partial charge is 0.222 e. The molecule has 1 fully saturated rings. The molecule has 2 atom stereocenters. The Kier molecular flexibility index (Phi) is 3.88. The molecule has 1 saturated heterocycles. The van der Waals surface area contributed by atoms with Crippen LogP contribution in [0.25, 0.3) is 0 Å². The molecule has 1 aromatic carbocycles. The molecule has 2 N–H and O–H groups in total. The topological polar surface area (TPSA) is 46.3 Å². The van der Waals surface area contributed by atoms with Crippen molar-refractivity contribution in [3.05, 3.63) is 34.6 Å². The number of nitrogens with two attached hydrogens (primary N) is 1. The van der Waals surface area contributed by atoms with E-state index in [2.05, 4.69) is 0 Å². The lowest BCUT2D eigenvalue weighted by molar-refractivity contribution is -0.131. The van der Waals surface area contributed by atoms with Gasteiger partial charge in [-0.15, -0.1) is 0 Å². The molecule has 0 bridgehead atoms. The lowest BCUT2D eigenvalue weighted by Gasteiger charge is -2.30. The van der Waals surface area contributed by atoms with Crippen molar-refractivity contribution < 1.29 is 9.18 Å². The Morgan fingerprint density at radius 1 is 1.50 bits per heavy atom. The van der Waals surface area contributed by atoms with Gasteiger partial charge in [0.15, 0.2) is 0 Å². The summed E-state index contributed by atoms with van der Waals surface area (Å²) in [4.78, 5) is 13.5. The van der Waals surface area contributed by atoms with E-state index in [1.54, 1.807) is 18.0 Å². The SMILES string of the molecule is CN1C(=O)CCCC(N)C1c1ccc(Cl)c(F)c1. The van der Waals surface area contributed by atoms with Crippen molar-refractivity contribution in [3.8, 4) is 0 Å². The number of rotatable bonds is 1. The first-order valence-corrected chi connectivity index (χ1v) is 6.34. The van der Waals surface area contributed by atoms with Crippen molar-refractivity contribution in [1.82, 2.24) is 4.90 Å². The van der Waals surface area contributed by atoms with Gasteiger partial charge in [0.2, 0.25) is 5.91 Å². The number of amides is 1. The molecule has 2 unspecified atom stereocenters. The third-order valence-electron chi connectivity index (χ3n) is 3.43. The minimum atomic E-state index is -0.480. The first-order valence-electron chi connectivity index (χ1n) is 5.97. The monoisotopic (exact) mass is 270 g/mol. The zero-order valence-corrected chi connectivity index (χ0v) is 11.0. The molecule has 1 amide bonds. The third-order valence-corrected chi connectivity index (χ3v) is 3.74. The highest BCUT2D eigenvalue weighted by Crippen LogP contribution is 2.30. The van der Waals surface area contributed by atoms with Gasteiger partial charge in [-0.25, -0.2) is 4.39 Å². The highest BCUT2D eigenvalue weighted by atomic mass is 35.5. The van der Waals surface area contributed by atoms with Gasteiger partial charge in [-0.05, 0) is 30.5 Å². The maximum atomic E-state index is 13.5. The van der Waals surface area contributed by atoms with Crippen LogP contribution in [0.15, 0.2) is 18.2 Å². The summed E-state index contributed by atoms with van der Waals surface area (Å²) in [6, 6.07) is 4.13. The van der Waals surface area contributed by atoms with E-state index in [1.165, 1.54) is 12.1 Å². The molecule has 0 aliphatic carbocycles. The van der Waals surface area contributed by atoms with E-state index in [-0.39, 0.29) is 23.0 Å². The van der Waals surface area contributed by atoms with E-state index in [4.69, 9.17) is 17.3 Å². The summed E-state index contributed by atoms with van der Waals surface area (Å²) in [5.41, 5.74) is 6.80. The largest absolute Gasteiger partial charge is 0.337 e. The fraction of sp³-hybridized carbons (Fsp3) is 0.462. The van der Waals surface area contributed by atoms with Crippen LogP contribution in [0.5, 0.6) is 0 Å². The number of hydrogen-bond donors (Lipinski definition) is 1. The van der Waals surface area contributed by atoms with Crippen LogP contribution in [-0.4, -0.2) is 23.9 Å². The summed E-state index contributed by atoms with van der Waals surface area (Å²) < 4.78 is 13.5. The Balaban J connectivity index is 2.38. The number of halogens is 2. The lowest BCUT2D eigenvalue weighted by Crippen LogP contribution is -2.39. The molecule has 1 aromatic rings. The summed E-state index contributed by atoms with van der Waals surface area (Å²) >= 11 is 5.67. The average Bonchev–Trinajstić information content (AvgIpc) is 2.44. The molecule has 3 nitrogen and oxygen atoms in total. The van der Waals surface area contributed by atoms with Crippen molar-refractivity contribution in [3.63, 3.8) is 0 Å². The first kappa shape index (κ1) is 13.3. The van der Waals surface area contributed by atoms with Crippen LogP contribution in [0, 0.1) is 5.82 Å². The molecule has 0 saturated carbocycles. The number of nitrogens with zero attached hydrogens (tertiary/aromatic N) is 1. The molecule has 1 aliphatic heterocycles. The van der Waals surface area contributed by atoms with Crippen molar-refractivity contribution in [1.29, 1.82) is 0 Å². The number of likely N-dealkylation sites (N-methyl/N-ethyl adjacent to an activating group) is 1. The van der Waals surface area contributed by atoms with Gasteiger partial charge in [-0.2, -0.15) is 0 Å². The van der Waals surface area contributed by atoms with Gasteiger partial charge in [-0.1, -0.05) is 17.7 Å². The second kappa shape index (κ2) is 5.24. The van der Waals surface area contributed by atoms with E-state index in [0.717, 1.165) is 12.8 Å². The van der Waals surface area contributed by atoms with Crippen LogP contribution in [-0.2, 0) is 4.79 Å². The Morgan fingerprint density at radius 3 is 2.89 bits per heavy atom. The van der Waals surface area contributed by atoms with Crippen LogP contribution >= 0.6 is 11.6 Å². The van der Waals surface area contributed by atoms with Gasteiger partial charge in [0.05, 0.1) is 11.1 Å². The molecular weight excluding hydrogens is 255 g/mol. The Morgan fingerprint density at radius 2 is 2.22 bits per heavy atom. The van der Waals surface area contributed by atoms with Gasteiger partial charge in [0.25, 0.3) is 0 Å². The quantitative estimate of drug-likeness (QED) is 0.852. The molecule has 18 heavy (non-hydrogen) atoms. The molecule has 5 heteroatoms. The van der Waals surface area contributed by atoms with Crippen LogP contribution in [0.1, 0.15) is 30.9 Å². The number of carbonyl (C=O) groups excluding carboxylic acids is 1. The highest BCUT2D eigenvalue weighted by molar-refractivity contribution is 6.30. The first-order chi connectivity index (χ1) is 8.50. The Hall–Kier alpha value is -1.13. The molecule has 1 aliphatic rings. The van der Waals surface area contributed by atoms with Gasteiger partial charge < -0.3 is 10.6 Å². The van der Waals surface area contributed by atoms with E-state index >= 15 is 0 Å². The van der Waals surface area contributed by atoms with Crippen molar-refractivity contribution in [2.75, 3.05) is 7.05 Å². The number of hydrogen-bond acceptors (Lipinski definition) is 2. The number of likely N-dealkylation sites (tertiary alicyclic amines) is 1.